The average Bonchev–Trinajstić information content (AvgIpc) is 3.15. The van der Waals surface area contributed by atoms with E-state index in [0.29, 0.717) is 25.4 Å². The van der Waals surface area contributed by atoms with E-state index in [4.69, 9.17) is 16.0 Å². The molecule has 2 rings (SSSR count). The van der Waals surface area contributed by atoms with Crippen LogP contribution in [-0.2, 0) is 6.42 Å². The van der Waals surface area contributed by atoms with Crippen molar-refractivity contribution >= 4 is 47.4 Å². The summed E-state index contributed by atoms with van der Waals surface area (Å²) in [7, 11) is 0. The van der Waals surface area contributed by atoms with E-state index in [2.05, 4.69) is 20.9 Å². The van der Waals surface area contributed by atoms with Crippen LogP contribution in [-0.4, -0.2) is 38.0 Å². The molecule has 0 radical (unpaired) electrons. The van der Waals surface area contributed by atoms with Crippen LogP contribution in [0.1, 0.15) is 23.0 Å². The number of carbonyl (C=O) groups excluding carboxylic acids is 1. The molecule has 0 unspecified atom stereocenters. The second-order valence-corrected chi connectivity index (χ2v) is 5.73. The molecule has 6 nitrogen and oxygen atoms in total. The fourth-order valence-corrected chi connectivity index (χ4v) is 2.27. The van der Waals surface area contributed by atoms with Gasteiger partial charge in [-0.25, -0.2) is 0 Å². The standard InChI is InChI=1S/C18H23ClN4O2.HI/c1-2-20-18(22-10-9-14-5-7-15(19)8-6-14)23-12-11-21-17(24)16-4-3-13-25-16;/h3-8,13H,2,9-12H2,1H3,(H,21,24)(H2,20,22,23);1H. The highest BCUT2D eigenvalue weighted by Crippen LogP contribution is 2.09. The van der Waals surface area contributed by atoms with Gasteiger partial charge in [-0.15, -0.1) is 24.0 Å². The number of furan rings is 1. The minimum Gasteiger partial charge on any atom is -0.459 e. The number of rotatable bonds is 8. The van der Waals surface area contributed by atoms with E-state index in [9.17, 15) is 4.79 Å². The first-order chi connectivity index (χ1) is 12.2. The van der Waals surface area contributed by atoms with Gasteiger partial charge in [0, 0.05) is 31.2 Å². The van der Waals surface area contributed by atoms with Crippen LogP contribution in [0.3, 0.4) is 0 Å². The second-order valence-electron chi connectivity index (χ2n) is 5.30. The Labute approximate surface area is 175 Å². The maximum absolute atomic E-state index is 11.7. The third-order valence-electron chi connectivity index (χ3n) is 3.38. The highest BCUT2D eigenvalue weighted by atomic mass is 127. The van der Waals surface area contributed by atoms with Gasteiger partial charge in [0.2, 0.25) is 0 Å². The second kappa shape index (κ2) is 12.6. The first-order valence-electron chi connectivity index (χ1n) is 8.27. The number of halogens is 2. The summed E-state index contributed by atoms with van der Waals surface area (Å²) >= 11 is 5.88. The summed E-state index contributed by atoms with van der Waals surface area (Å²) < 4.78 is 5.04. The van der Waals surface area contributed by atoms with Crippen LogP contribution >= 0.6 is 35.6 Å². The van der Waals surface area contributed by atoms with Gasteiger partial charge in [0.1, 0.15) is 0 Å². The highest BCUT2D eigenvalue weighted by molar-refractivity contribution is 14.0. The van der Waals surface area contributed by atoms with Crippen molar-refractivity contribution in [3.8, 4) is 0 Å². The lowest BCUT2D eigenvalue weighted by atomic mass is 10.1. The Kier molecular flexibility index (Phi) is 10.8. The summed E-state index contributed by atoms with van der Waals surface area (Å²) in [4.78, 5) is 16.3. The van der Waals surface area contributed by atoms with Crippen molar-refractivity contribution in [2.75, 3.05) is 26.2 Å². The number of nitrogens with one attached hydrogen (secondary N) is 3. The van der Waals surface area contributed by atoms with Crippen molar-refractivity contribution in [2.45, 2.75) is 13.3 Å². The van der Waals surface area contributed by atoms with Crippen molar-refractivity contribution < 1.29 is 9.21 Å². The number of hydrogen-bond donors (Lipinski definition) is 3. The van der Waals surface area contributed by atoms with E-state index in [1.54, 1.807) is 12.1 Å². The largest absolute Gasteiger partial charge is 0.459 e. The molecule has 0 aliphatic heterocycles. The van der Waals surface area contributed by atoms with Gasteiger partial charge in [0.15, 0.2) is 11.7 Å². The Balaban J connectivity index is 0.00000338. The van der Waals surface area contributed by atoms with Gasteiger partial charge in [-0.3, -0.25) is 9.79 Å². The quantitative estimate of drug-likeness (QED) is 0.230. The van der Waals surface area contributed by atoms with Crippen molar-refractivity contribution in [3.63, 3.8) is 0 Å². The van der Waals surface area contributed by atoms with Gasteiger partial charge < -0.3 is 20.4 Å². The van der Waals surface area contributed by atoms with Gasteiger partial charge in [-0.1, -0.05) is 23.7 Å². The zero-order valence-corrected chi connectivity index (χ0v) is 17.7. The Hall–Kier alpha value is -1.74. The van der Waals surface area contributed by atoms with E-state index in [1.807, 2.05) is 31.2 Å². The van der Waals surface area contributed by atoms with E-state index in [0.717, 1.165) is 23.9 Å². The normalized spacial score (nSPS) is 10.8. The minimum absolute atomic E-state index is 0. The van der Waals surface area contributed by atoms with Crippen LogP contribution in [0.5, 0.6) is 0 Å². The Morgan fingerprint density at radius 3 is 2.50 bits per heavy atom. The molecule has 142 valence electrons. The first-order valence-corrected chi connectivity index (χ1v) is 8.65. The highest BCUT2D eigenvalue weighted by Gasteiger charge is 2.06. The molecule has 1 aromatic heterocycles. The molecule has 2 aromatic rings. The summed E-state index contributed by atoms with van der Waals surface area (Å²) in [5, 5.41) is 9.88. The molecule has 0 saturated carbocycles. The molecule has 0 fully saturated rings. The van der Waals surface area contributed by atoms with Crippen LogP contribution in [0, 0.1) is 0 Å². The summed E-state index contributed by atoms with van der Waals surface area (Å²) in [6.45, 7) is 4.48. The number of guanidine groups is 1. The van der Waals surface area contributed by atoms with Gasteiger partial charge in [0.05, 0.1) is 6.26 Å². The third kappa shape index (κ3) is 8.09. The fraction of sp³-hybridized carbons (Fsp3) is 0.333. The first kappa shape index (κ1) is 22.3. The fourth-order valence-electron chi connectivity index (χ4n) is 2.14. The number of hydrogen-bond acceptors (Lipinski definition) is 3. The lowest BCUT2D eigenvalue weighted by molar-refractivity contribution is 0.0926. The number of benzene rings is 1. The number of amides is 1. The Morgan fingerprint density at radius 2 is 1.85 bits per heavy atom. The average molecular weight is 491 g/mol. The van der Waals surface area contributed by atoms with Gasteiger partial charge in [-0.05, 0) is 43.2 Å². The topological polar surface area (TPSA) is 78.7 Å². The number of aliphatic imine (C=N–C) groups is 1. The summed E-state index contributed by atoms with van der Waals surface area (Å²) in [5.74, 6) is 0.809. The van der Waals surface area contributed by atoms with Crippen LogP contribution in [0.15, 0.2) is 52.1 Å². The molecule has 8 heteroatoms. The Bertz CT molecular complexity index is 675. The molecular weight excluding hydrogens is 467 g/mol. The predicted molar refractivity (Wildman–Crippen MR) is 116 cm³/mol. The van der Waals surface area contributed by atoms with Crippen molar-refractivity contribution in [1.82, 2.24) is 16.0 Å². The van der Waals surface area contributed by atoms with Crippen molar-refractivity contribution in [1.29, 1.82) is 0 Å². The summed E-state index contributed by atoms with van der Waals surface area (Å²) in [6, 6.07) is 11.1. The molecule has 1 amide bonds. The van der Waals surface area contributed by atoms with Crippen LogP contribution in [0.4, 0.5) is 0 Å². The van der Waals surface area contributed by atoms with E-state index >= 15 is 0 Å². The molecule has 1 aromatic carbocycles. The van der Waals surface area contributed by atoms with Gasteiger partial charge >= 0.3 is 0 Å². The van der Waals surface area contributed by atoms with Crippen molar-refractivity contribution in [3.05, 3.63) is 59.0 Å². The molecule has 3 N–H and O–H groups in total. The molecule has 0 aliphatic carbocycles. The molecule has 1 heterocycles. The van der Waals surface area contributed by atoms with Crippen molar-refractivity contribution in [2.24, 2.45) is 4.99 Å². The van der Waals surface area contributed by atoms with Crippen LogP contribution in [0.2, 0.25) is 5.02 Å². The SMILES string of the molecule is CCNC(=NCCc1ccc(Cl)cc1)NCCNC(=O)c1ccco1.I. The predicted octanol–water partition coefficient (Wildman–Crippen LogP) is 3.08. The molecule has 0 atom stereocenters. The van der Waals surface area contributed by atoms with E-state index in [1.165, 1.54) is 11.8 Å². The van der Waals surface area contributed by atoms with E-state index < -0.39 is 0 Å². The van der Waals surface area contributed by atoms with Crippen LogP contribution in [0.25, 0.3) is 0 Å². The maximum atomic E-state index is 11.7. The zero-order valence-electron chi connectivity index (χ0n) is 14.6. The van der Waals surface area contributed by atoms with Gasteiger partial charge in [-0.2, -0.15) is 0 Å². The zero-order chi connectivity index (χ0) is 17.9. The van der Waals surface area contributed by atoms with Gasteiger partial charge in [0.25, 0.3) is 5.91 Å². The summed E-state index contributed by atoms with van der Waals surface area (Å²) in [5.41, 5.74) is 1.19. The lowest BCUT2D eigenvalue weighted by Gasteiger charge is -2.11. The van der Waals surface area contributed by atoms with E-state index in [-0.39, 0.29) is 29.9 Å². The molecule has 0 bridgehead atoms. The minimum atomic E-state index is -0.225. The summed E-state index contributed by atoms with van der Waals surface area (Å²) in [6.07, 6.45) is 2.31. The number of nitrogens with zero attached hydrogens (tertiary/aromatic N) is 1. The Morgan fingerprint density at radius 1 is 1.12 bits per heavy atom. The van der Waals surface area contributed by atoms with Crippen LogP contribution < -0.4 is 16.0 Å². The molecule has 0 saturated heterocycles. The smallest absolute Gasteiger partial charge is 0.287 e. The monoisotopic (exact) mass is 490 g/mol. The molecular formula is C18H24ClIN4O2. The number of carbonyl (C=O) groups is 1. The molecule has 26 heavy (non-hydrogen) atoms. The molecule has 0 spiro atoms. The maximum Gasteiger partial charge on any atom is 0.287 e. The molecule has 0 aliphatic rings. The third-order valence-corrected chi connectivity index (χ3v) is 3.63. The lowest BCUT2D eigenvalue weighted by Crippen LogP contribution is -2.41.